The lowest BCUT2D eigenvalue weighted by Crippen LogP contribution is -2.30. The van der Waals surface area contributed by atoms with Crippen molar-refractivity contribution in [2.75, 3.05) is 35.7 Å². The lowest BCUT2D eigenvalue weighted by Gasteiger charge is -2.16. The number of hydrogen-bond donors (Lipinski definition) is 1. The summed E-state index contributed by atoms with van der Waals surface area (Å²) >= 11 is 2.94. The van der Waals surface area contributed by atoms with E-state index < -0.39 is 0 Å². The van der Waals surface area contributed by atoms with E-state index in [2.05, 4.69) is 21.6 Å². The van der Waals surface area contributed by atoms with Crippen molar-refractivity contribution in [3.63, 3.8) is 0 Å². The molecule has 0 saturated carbocycles. The summed E-state index contributed by atoms with van der Waals surface area (Å²) in [6.07, 6.45) is 3.43. The van der Waals surface area contributed by atoms with Crippen LogP contribution < -0.4 is 10.2 Å². The number of ether oxygens (including phenoxy) is 1. The van der Waals surface area contributed by atoms with Gasteiger partial charge in [-0.3, -0.25) is 4.79 Å². The molecule has 1 aromatic heterocycles. The molecule has 2 aromatic rings. The quantitative estimate of drug-likeness (QED) is 0.782. The van der Waals surface area contributed by atoms with Crippen LogP contribution in [0.4, 0.5) is 10.8 Å². The molecule has 25 heavy (non-hydrogen) atoms. The molecule has 0 bridgehead atoms. The van der Waals surface area contributed by atoms with Crippen LogP contribution in [0.25, 0.3) is 0 Å². The highest BCUT2D eigenvalue weighted by molar-refractivity contribution is 8.01. The van der Waals surface area contributed by atoms with Crippen LogP contribution in [0.2, 0.25) is 0 Å². The largest absolute Gasteiger partial charge is 0.376 e. The molecule has 0 spiro atoms. The van der Waals surface area contributed by atoms with Crippen LogP contribution in [-0.2, 0) is 16.0 Å². The first-order valence-corrected chi connectivity index (χ1v) is 10.3. The standard InChI is InChI=1S/C17H20N4O2S2/c22-15(21-8-7-12-4-1-2-6-14(12)21)11-24-17-20-19-16(25-17)18-10-13-5-3-9-23-13/h1-2,4,6,13H,3,5,7-11H2,(H,18,19)/t13-/m1/s1. The summed E-state index contributed by atoms with van der Waals surface area (Å²) in [5, 5.41) is 12.4. The van der Waals surface area contributed by atoms with Gasteiger partial charge in [-0.05, 0) is 30.9 Å². The minimum Gasteiger partial charge on any atom is -0.376 e. The Morgan fingerprint density at radius 2 is 2.32 bits per heavy atom. The zero-order valence-electron chi connectivity index (χ0n) is 13.8. The van der Waals surface area contributed by atoms with Crippen molar-refractivity contribution >= 4 is 39.8 Å². The van der Waals surface area contributed by atoms with Gasteiger partial charge in [0.05, 0.1) is 11.9 Å². The molecular weight excluding hydrogens is 356 g/mol. The molecular formula is C17H20N4O2S2. The number of benzene rings is 1. The Morgan fingerprint density at radius 3 is 3.20 bits per heavy atom. The van der Waals surface area contributed by atoms with Gasteiger partial charge in [-0.1, -0.05) is 41.3 Å². The molecule has 6 nitrogen and oxygen atoms in total. The van der Waals surface area contributed by atoms with E-state index in [4.69, 9.17) is 4.74 Å². The Kier molecular flexibility index (Phi) is 5.19. The minimum atomic E-state index is 0.124. The molecule has 0 aliphatic carbocycles. The van der Waals surface area contributed by atoms with E-state index in [1.165, 1.54) is 28.7 Å². The second-order valence-corrected chi connectivity index (χ2v) is 8.30. The molecule has 1 aromatic carbocycles. The minimum absolute atomic E-state index is 0.124. The molecule has 0 radical (unpaired) electrons. The summed E-state index contributed by atoms with van der Waals surface area (Å²) in [5.41, 5.74) is 2.29. The lowest BCUT2D eigenvalue weighted by atomic mass is 10.2. The Balaban J connectivity index is 1.28. The van der Waals surface area contributed by atoms with E-state index in [1.54, 1.807) is 0 Å². The average molecular weight is 377 g/mol. The molecule has 2 aliphatic heterocycles. The molecule has 1 N–H and O–H groups in total. The molecule has 1 saturated heterocycles. The zero-order chi connectivity index (χ0) is 17.1. The molecule has 0 unspecified atom stereocenters. The highest BCUT2D eigenvalue weighted by Gasteiger charge is 2.24. The van der Waals surface area contributed by atoms with Gasteiger partial charge in [0.1, 0.15) is 0 Å². The van der Waals surface area contributed by atoms with Crippen molar-refractivity contribution in [3.8, 4) is 0 Å². The number of aromatic nitrogens is 2. The Labute approximate surface area is 155 Å². The van der Waals surface area contributed by atoms with Gasteiger partial charge in [0.2, 0.25) is 11.0 Å². The van der Waals surface area contributed by atoms with Gasteiger partial charge >= 0.3 is 0 Å². The number of carbonyl (C=O) groups is 1. The van der Waals surface area contributed by atoms with Crippen molar-refractivity contribution in [3.05, 3.63) is 29.8 Å². The average Bonchev–Trinajstić information content (AvgIpc) is 3.38. The van der Waals surface area contributed by atoms with Crippen LogP contribution in [0.5, 0.6) is 0 Å². The van der Waals surface area contributed by atoms with E-state index in [1.807, 2.05) is 23.1 Å². The number of nitrogens with one attached hydrogen (secondary N) is 1. The molecule has 1 amide bonds. The SMILES string of the molecule is O=C(CSc1nnc(NC[C@H]2CCCO2)s1)N1CCc2ccccc21. The van der Waals surface area contributed by atoms with Crippen molar-refractivity contribution in [2.24, 2.45) is 0 Å². The normalized spacial score (nSPS) is 19.2. The zero-order valence-corrected chi connectivity index (χ0v) is 15.4. The number of hydrogen-bond acceptors (Lipinski definition) is 7. The molecule has 1 atom stereocenters. The van der Waals surface area contributed by atoms with Crippen LogP contribution in [0.1, 0.15) is 18.4 Å². The first-order chi connectivity index (χ1) is 12.3. The van der Waals surface area contributed by atoms with E-state index >= 15 is 0 Å². The predicted molar refractivity (Wildman–Crippen MR) is 101 cm³/mol. The number of para-hydroxylation sites is 1. The number of rotatable bonds is 6. The summed E-state index contributed by atoms with van der Waals surface area (Å²) in [6, 6.07) is 8.11. The van der Waals surface area contributed by atoms with Gasteiger partial charge < -0.3 is 15.0 Å². The third-order valence-corrected chi connectivity index (χ3v) is 6.42. The fourth-order valence-corrected chi connectivity index (χ4v) is 4.78. The topological polar surface area (TPSA) is 67.3 Å². The lowest BCUT2D eigenvalue weighted by molar-refractivity contribution is -0.116. The second kappa shape index (κ2) is 7.72. The highest BCUT2D eigenvalue weighted by Crippen LogP contribution is 2.30. The smallest absolute Gasteiger partial charge is 0.237 e. The summed E-state index contributed by atoms with van der Waals surface area (Å²) < 4.78 is 6.40. The van der Waals surface area contributed by atoms with Gasteiger partial charge in [-0.25, -0.2) is 0 Å². The molecule has 8 heteroatoms. The molecule has 1 fully saturated rings. The molecule has 132 valence electrons. The van der Waals surface area contributed by atoms with Gasteiger partial charge in [0, 0.05) is 25.4 Å². The van der Waals surface area contributed by atoms with Crippen LogP contribution in [0.15, 0.2) is 28.6 Å². The van der Waals surface area contributed by atoms with Crippen LogP contribution in [-0.4, -0.2) is 47.7 Å². The number of anilines is 2. The first kappa shape index (κ1) is 16.8. The highest BCUT2D eigenvalue weighted by atomic mass is 32.2. The molecule has 2 aliphatic rings. The number of amides is 1. The maximum atomic E-state index is 12.5. The van der Waals surface area contributed by atoms with Gasteiger partial charge in [0.15, 0.2) is 4.34 Å². The third-order valence-electron chi connectivity index (χ3n) is 4.42. The van der Waals surface area contributed by atoms with Crippen molar-refractivity contribution in [1.82, 2.24) is 10.2 Å². The first-order valence-electron chi connectivity index (χ1n) is 8.49. The fraction of sp³-hybridized carbons (Fsp3) is 0.471. The van der Waals surface area contributed by atoms with Gasteiger partial charge in [-0.2, -0.15) is 0 Å². The maximum Gasteiger partial charge on any atom is 0.237 e. The van der Waals surface area contributed by atoms with Crippen molar-refractivity contribution in [2.45, 2.75) is 29.7 Å². The number of fused-ring (bicyclic) bond motifs is 1. The molecule has 3 heterocycles. The van der Waals surface area contributed by atoms with E-state index in [-0.39, 0.29) is 12.0 Å². The number of nitrogens with zero attached hydrogens (tertiary/aromatic N) is 3. The van der Waals surface area contributed by atoms with Crippen molar-refractivity contribution < 1.29 is 9.53 Å². The van der Waals surface area contributed by atoms with Crippen LogP contribution in [0, 0.1) is 0 Å². The summed E-state index contributed by atoms with van der Waals surface area (Å²) in [4.78, 5) is 14.4. The van der Waals surface area contributed by atoms with Crippen LogP contribution >= 0.6 is 23.1 Å². The van der Waals surface area contributed by atoms with Crippen molar-refractivity contribution in [1.29, 1.82) is 0 Å². The summed E-state index contributed by atoms with van der Waals surface area (Å²) in [5.74, 6) is 0.508. The van der Waals surface area contributed by atoms with E-state index in [0.717, 1.165) is 54.1 Å². The number of carbonyl (C=O) groups excluding carboxylic acids is 1. The van der Waals surface area contributed by atoms with Gasteiger partial charge in [-0.15, -0.1) is 10.2 Å². The Morgan fingerprint density at radius 1 is 1.40 bits per heavy atom. The van der Waals surface area contributed by atoms with Gasteiger partial charge in [0.25, 0.3) is 0 Å². The Bertz CT molecular complexity index is 746. The van der Waals surface area contributed by atoms with E-state index in [0.29, 0.717) is 5.75 Å². The molecule has 4 rings (SSSR count). The maximum absolute atomic E-state index is 12.5. The summed E-state index contributed by atoms with van der Waals surface area (Å²) in [6.45, 7) is 2.39. The summed E-state index contributed by atoms with van der Waals surface area (Å²) in [7, 11) is 0. The third kappa shape index (κ3) is 3.96. The van der Waals surface area contributed by atoms with E-state index in [9.17, 15) is 4.79 Å². The Hall–Kier alpha value is -1.64. The monoisotopic (exact) mass is 376 g/mol. The predicted octanol–water partition coefficient (Wildman–Crippen LogP) is 2.81. The fourth-order valence-electron chi connectivity index (χ4n) is 3.14. The second-order valence-electron chi connectivity index (χ2n) is 6.10. The number of thioether (sulfide) groups is 1. The van der Waals surface area contributed by atoms with Crippen LogP contribution in [0.3, 0.4) is 0 Å².